The SMILES string of the molecule is COc1ccc2c(c1)C13CCNC(C2)C1(O)CCC1(C3)C(=O)N(CC2CC2)C(=O)N1CC1CC1. The smallest absolute Gasteiger partial charge is 0.327 e. The van der Waals surface area contributed by atoms with E-state index in [9.17, 15) is 14.7 Å². The Morgan fingerprint density at radius 1 is 1.09 bits per heavy atom. The van der Waals surface area contributed by atoms with Gasteiger partial charge < -0.3 is 20.1 Å². The van der Waals surface area contributed by atoms with E-state index in [1.165, 1.54) is 5.56 Å². The van der Waals surface area contributed by atoms with Gasteiger partial charge in [-0.3, -0.25) is 9.69 Å². The number of fused-ring (bicyclic) bond motifs is 1. The van der Waals surface area contributed by atoms with Gasteiger partial charge in [-0.05, 0) is 99.4 Å². The van der Waals surface area contributed by atoms with Crippen molar-refractivity contribution in [3.05, 3.63) is 29.3 Å². The van der Waals surface area contributed by atoms with Crippen molar-refractivity contribution in [1.82, 2.24) is 15.1 Å². The zero-order valence-electron chi connectivity index (χ0n) is 20.0. The zero-order chi connectivity index (χ0) is 23.3. The number of methoxy groups -OCH3 is 1. The quantitative estimate of drug-likeness (QED) is 0.654. The summed E-state index contributed by atoms with van der Waals surface area (Å²) in [7, 11) is 1.67. The first-order valence-electron chi connectivity index (χ1n) is 13.2. The van der Waals surface area contributed by atoms with Gasteiger partial charge in [0.1, 0.15) is 11.3 Å². The number of hydrogen-bond donors (Lipinski definition) is 2. The Morgan fingerprint density at radius 2 is 1.85 bits per heavy atom. The number of imide groups is 1. The van der Waals surface area contributed by atoms with Crippen molar-refractivity contribution in [3.8, 4) is 5.75 Å². The number of piperidine rings is 1. The number of rotatable bonds is 5. The van der Waals surface area contributed by atoms with Crippen molar-refractivity contribution in [1.29, 1.82) is 0 Å². The summed E-state index contributed by atoms with van der Waals surface area (Å²) in [5.74, 6) is 1.75. The lowest BCUT2D eigenvalue weighted by Gasteiger charge is -2.64. The summed E-state index contributed by atoms with van der Waals surface area (Å²) in [5, 5.41) is 15.9. The Labute approximate surface area is 200 Å². The number of urea groups is 1. The van der Waals surface area contributed by atoms with E-state index in [1.807, 2.05) is 11.0 Å². The molecule has 0 aromatic heterocycles. The van der Waals surface area contributed by atoms with Crippen LogP contribution in [-0.4, -0.2) is 70.8 Å². The molecule has 2 saturated heterocycles. The largest absolute Gasteiger partial charge is 0.497 e. The highest BCUT2D eigenvalue weighted by Gasteiger charge is 2.71. The van der Waals surface area contributed by atoms with Crippen LogP contribution >= 0.6 is 0 Å². The van der Waals surface area contributed by atoms with Crippen molar-refractivity contribution in [3.63, 3.8) is 0 Å². The molecule has 182 valence electrons. The molecule has 2 N–H and O–H groups in total. The van der Waals surface area contributed by atoms with Crippen LogP contribution in [0, 0.1) is 11.8 Å². The predicted molar refractivity (Wildman–Crippen MR) is 126 cm³/mol. The minimum absolute atomic E-state index is 0.00780. The fourth-order valence-electron chi connectivity index (χ4n) is 7.77. The van der Waals surface area contributed by atoms with Gasteiger partial charge in [0.05, 0.1) is 12.7 Å². The van der Waals surface area contributed by atoms with Gasteiger partial charge in [0.25, 0.3) is 5.91 Å². The lowest BCUT2D eigenvalue weighted by molar-refractivity contribution is -0.163. The molecule has 4 aliphatic carbocycles. The topological polar surface area (TPSA) is 82.1 Å². The summed E-state index contributed by atoms with van der Waals surface area (Å²) < 4.78 is 5.60. The van der Waals surface area contributed by atoms with Crippen LogP contribution in [0.5, 0.6) is 5.75 Å². The molecule has 1 aromatic carbocycles. The van der Waals surface area contributed by atoms with Crippen molar-refractivity contribution in [2.45, 2.75) is 80.4 Å². The second-order valence-electron chi connectivity index (χ2n) is 11.9. The van der Waals surface area contributed by atoms with E-state index in [1.54, 1.807) is 12.0 Å². The van der Waals surface area contributed by atoms with Gasteiger partial charge in [0, 0.05) is 24.5 Å². The normalized spacial score (nSPS) is 38.8. The van der Waals surface area contributed by atoms with E-state index in [0.29, 0.717) is 44.2 Å². The highest BCUT2D eigenvalue weighted by atomic mass is 16.5. The van der Waals surface area contributed by atoms with E-state index in [4.69, 9.17) is 4.74 Å². The maximum Gasteiger partial charge on any atom is 0.327 e. The van der Waals surface area contributed by atoms with E-state index in [-0.39, 0.29) is 18.0 Å². The van der Waals surface area contributed by atoms with Crippen molar-refractivity contribution in [2.24, 2.45) is 11.8 Å². The average molecular weight is 466 g/mol. The molecule has 7 nitrogen and oxygen atoms in total. The molecule has 3 amide bonds. The summed E-state index contributed by atoms with van der Waals surface area (Å²) in [6, 6.07) is 6.09. The zero-order valence-corrected chi connectivity index (χ0v) is 20.0. The molecule has 2 aliphatic heterocycles. The third kappa shape index (κ3) is 2.71. The van der Waals surface area contributed by atoms with Crippen molar-refractivity contribution >= 4 is 11.9 Å². The van der Waals surface area contributed by atoms with Crippen LogP contribution in [0.2, 0.25) is 0 Å². The first kappa shape index (κ1) is 21.2. The number of ether oxygens (including phenoxy) is 1. The second-order valence-corrected chi connectivity index (χ2v) is 11.9. The lowest BCUT2D eigenvalue weighted by atomic mass is 9.47. The van der Waals surface area contributed by atoms with Gasteiger partial charge in [-0.1, -0.05) is 6.07 Å². The molecule has 2 bridgehead atoms. The Hall–Kier alpha value is -2.12. The fourth-order valence-corrected chi connectivity index (χ4v) is 7.77. The maximum atomic E-state index is 14.2. The Morgan fingerprint density at radius 3 is 2.59 bits per heavy atom. The van der Waals surface area contributed by atoms with E-state index < -0.39 is 16.6 Å². The van der Waals surface area contributed by atoms with E-state index in [0.717, 1.165) is 56.4 Å². The van der Waals surface area contributed by atoms with Crippen LogP contribution in [0.3, 0.4) is 0 Å². The Balaban J connectivity index is 1.36. The molecule has 1 aromatic rings. The Bertz CT molecular complexity index is 1070. The van der Waals surface area contributed by atoms with Crippen LogP contribution < -0.4 is 10.1 Å². The Kier molecular flexibility index (Phi) is 4.34. The number of benzene rings is 1. The molecular weight excluding hydrogens is 430 g/mol. The fraction of sp³-hybridized carbons (Fsp3) is 0.704. The second kappa shape index (κ2) is 6.97. The van der Waals surface area contributed by atoms with Crippen molar-refractivity contribution in [2.75, 3.05) is 26.7 Å². The average Bonchev–Trinajstić information content (AvgIpc) is 3.75. The third-order valence-corrected chi connectivity index (χ3v) is 10.0. The van der Waals surface area contributed by atoms with Gasteiger partial charge in [-0.25, -0.2) is 4.79 Å². The molecule has 34 heavy (non-hydrogen) atoms. The van der Waals surface area contributed by atoms with E-state index in [2.05, 4.69) is 17.4 Å². The van der Waals surface area contributed by atoms with Gasteiger partial charge in [0.2, 0.25) is 0 Å². The molecule has 0 radical (unpaired) electrons. The van der Waals surface area contributed by atoms with Gasteiger partial charge >= 0.3 is 6.03 Å². The van der Waals surface area contributed by atoms with Gasteiger partial charge in [0.15, 0.2) is 0 Å². The number of carbonyl (C=O) groups excluding carboxylic acids is 2. The molecule has 3 saturated carbocycles. The monoisotopic (exact) mass is 465 g/mol. The summed E-state index contributed by atoms with van der Waals surface area (Å²) in [5.41, 5.74) is -0.00996. The van der Waals surface area contributed by atoms with Crippen LogP contribution in [0.1, 0.15) is 62.5 Å². The number of hydrogen-bond acceptors (Lipinski definition) is 5. The molecular formula is C27H35N3O4. The minimum atomic E-state index is -0.936. The highest BCUT2D eigenvalue weighted by Crippen LogP contribution is 2.61. The van der Waals surface area contributed by atoms with Crippen LogP contribution in [0.15, 0.2) is 18.2 Å². The maximum absolute atomic E-state index is 14.2. The molecule has 2 heterocycles. The van der Waals surface area contributed by atoms with Gasteiger partial charge in [-0.2, -0.15) is 0 Å². The van der Waals surface area contributed by atoms with E-state index >= 15 is 0 Å². The number of nitrogens with zero attached hydrogens (tertiary/aromatic N) is 2. The standard InChI is InChI=1S/C27H35N3O4/c1-34-20-7-6-19-12-22-27(33)9-8-26(16-25(27,10-11-28-22)21(19)13-20)23(31)29(14-17-2-3-17)24(32)30(26)15-18-4-5-18/h6-7,13,17-18,22,28,33H,2-5,8-12,14-16H2,1H3. The minimum Gasteiger partial charge on any atom is -0.497 e. The first-order chi connectivity index (χ1) is 16.4. The summed E-state index contributed by atoms with van der Waals surface area (Å²) in [6.07, 6.45) is 7.59. The predicted octanol–water partition coefficient (Wildman–Crippen LogP) is 2.59. The molecule has 1 spiro atoms. The number of carbonyl (C=O) groups is 2. The molecule has 7 heteroatoms. The molecule has 7 rings (SSSR count). The third-order valence-electron chi connectivity index (χ3n) is 10.0. The number of aliphatic hydroxyl groups is 1. The molecule has 4 unspecified atom stereocenters. The molecule has 6 aliphatic rings. The molecule has 5 fully saturated rings. The summed E-state index contributed by atoms with van der Waals surface area (Å²) >= 11 is 0. The van der Waals surface area contributed by atoms with Crippen molar-refractivity contribution < 1.29 is 19.4 Å². The number of amides is 3. The number of nitrogens with one attached hydrogen (secondary N) is 1. The summed E-state index contributed by atoms with van der Waals surface area (Å²) in [6.45, 7) is 2.04. The molecule has 4 atom stereocenters. The van der Waals surface area contributed by atoms with Crippen LogP contribution in [0.4, 0.5) is 4.79 Å². The lowest BCUT2D eigenvalue weighted by Crippen LogP contribution is -2.76. The highest BCUT2D eigenvalue weighted by molar-refractivity contribution is 6.07. The van der Waals surface area contributed by atoms with Gasteiger partial charge in [-0.15, -0.1) is 0 Å². The summed E-state index contributed by atoms with van der Waals surface area (Å²) in [4.78, 5) is 31.4. The van der Waals surface area contributed by atoms with Crippen LogP contribution in [-0.2, 0) is 16.6 Å². The van der Waals surface area contributed by atoms with Crippen LogP contribution in [0.25, 0.3) is 0 Å². The first-order valence-corrected chi connectivity index (χ1v) is 13.2.